The molecule has 1 saturated heterocycles. The molecule has 3 aliphatic rings. The fourth-order valence-corrected chi connectivity index (χ4v) is 4.80. The first-order valence-corrected chi connectivity index (χ1v) is 9.02. The van der Waals surface area contributed by atoms with E-state index in [1.165, 1.54) is 12.0 Å². The Kier molecular flexibility index (Phi) is 4.10. The fraction of sp³-hybridized carbons (Fsp3) is 0.550. The number of rotatable bonds is 4. The molecule has 2 fully saturated rings. The Morgan fingerprint density at radius 3 is 2.48 bits per heavy atom. The Morgan fingerprint density at radius 1 is 1.04 bits per heavy atom. The molecule has 1 aromatic rings. The van der Waals surface area contributed by atoms with E-state index < -0.39 is 0 Å². The molecule has 2 atom stereocenters. The number of likely N-dealkylation sites (tertiary alicyclic amines) is 1. The van der Waals surface area contributed by atoms with Crippen molar-refractivity contribution in [1.29, 1.82) is 0 Å². The van der Waals surface area contributed by atoms with Gasteiger partial charge in [-0.25, -0.2) is 0 Å². The maximum atomic E-state index is 12.6. The molecule has 0 N–H and O–H groups in total. The van der Waals surface area contributed by atoms with Crippen molar-refractivity contribution in [2.75, 3.05) is 27.9 Å². The van der Waals surface area contributed by atoms with Gasteiger partial charge in [-0.3, -0.25) is 4.79 Å². The highest BCUT2D eigenvalue weighted by Gasteiger charge is 2.43. The van der Waals surface area contributed by atoms with Crippen LogP contribution in [0.3, 0.4) is 0 Å². The van der Waals surface area contributed by atoms with E-state index in [0.29, 0.717) is 29.6 Å². The number of carbonyl (C=O) groups is 1. The number of methoxy groups -OCH3 is 3. The highest BCUT2D eigenvalue weighted by Crippen LogP contribution is 2.55. The third kappa shape index (κ3) is 2.40. The van der Waals surface area contributed by atoms with Crippen LogP contribution < -0.4 is 14.2 Å². The predicted octanol–water partition coefficient (Wildman–Crippen LogP) is 3.57. The molecule has 2 aliphatic carbocycles. The first kappa shape index (κ1) is 16.3. The summed E-state index contributed by atoms with van der Waals surface area (Å²) >= 11 is 0. The van der Waals surface area contributed by atoms with Gasteiger partial charge in [0, 0.05) is 24.4 Å². The zero-order valence-electron chi connectivity index (χ0n) is 15.1. The highest BCUT2D eigenvalue weighted by molar-refractivity contribution is 5.81. The van der Waals surface area contributed by atoms with E-state index in [4.69, 9.17) is 14.2 Å². The first-order chi connectivity index (χ1) is 12.2. The monoisotopic (exact) mass is 343 g/mol. The number of nitrogens with zero attached hydrogens (tertiary/aromatic N) is 1. The van der Waals surface area contributed by atoms with Crippen LogP contribution in [0, 0.1) is 5.92 Å². The van der Waals surface area contributed by atoms with Gasteiger partial charge in [-0.2, -0.15) is 0 Å². The molecule has 1 saturated carbocycles. The van der Waals surface area contributed by atoms with Crippen LogP contribution in [-0.2, 0) is 4.79 Å². The van der Waals surface area contributed by atoms with Crippen LogP contribution in [0.2, 0.25) is 0 Å². The van der Waals surface area contributed by atoms with E-state index in [1.807, 2.05) is 6.07 Å². The molecule has 0 aromatic heterocycles. The smallest absolute Gasteiger partial charge is 0.223 e. The van der Waals surface area contributed by atoms with Crippen molar-refractivity contribution < 1.29 is 19.0 Å². The zero-order chi connectivity index (χ0) is 17.6. The van der Waals surface area contributed by atoms with Crippen LogP contribution in [0.4, 0.5) is 0 Å². The number of ether oxygens (including phenoxy) is 3. The molecule has 1 aliphatic heterocycles. The van der Waals surface area contributed by atoms with Crippen LogP contribution >= 0.6 is 0 Å². The van der Waals surface area contributed by atoms with Gasteiger partial charge in [0.2, 0.25) is 11.7 Å². The third-order valence-electron chi connectivity index (χ3n) is 5.82. The maximum absolute atomic E-state index is 12.6. The summed E-state index contributed by atoms with van der Waals surface area (Å²) in [5.74, 6) is 2.61. The molecule has 25 heavy (non-hydrogen) atoms. The summed E-state index contributed by atoms with van der Waals surface area (Å²) in [4.78, 5) is 14.6. The molecule has 1 amide bonds. The van der Waals surface area contributed by atoms with E-state index in [9.17, 15) is 4.79 Å². The molecule has 0 bridgehead atoms. The second kappa shape index (κ2) is 6.28. The van der Waals surface area contributed by atoms with Crippen LogP contribution in [0.1, 0.15) is 49.3 Å². The Hall–Kier alpha value is -2.17. The second-order valence-corrected chi connectivity index (χ2v) is 7.00. The minimum atomic E-state index is 0.0438. The molecule has 134 valence electrons. The van der Waals surface area contributed by atoms with Crippen molar-refractivity contribution in [1.82, 2.24) is 4.90 Å². The van der Waals surface area contributed by atoms with Gasteiger partial charge < -0.3 is 19.1 Å². The van der Waals surface area contributed by atoms with E-state index in [2.05, 4.69) is 11.0 Å². The zero-order valence-corrected chi connectivity index (χ0v) is 15.1. The molecule has 4 rings (SSSR count). The lowest BCUT2D eigenvalue weighted by Crippen LogP contribution is -2.36. The standard InChI is InChI=1S/C20H25NO4/c1-23-15-11-13-10-12-6-4-7-14(12)18(21-9-5-8-16(21)22)17(13)20(25-3)19(15)24-2/h10-11,14,18H,4-9H2,1-3H3/t14-,18+/m1/s1. The molecule has 0 radical (unpaired) electrons. The van der Waals surface area contributed by atoms with Crippen molar-refractivity contribution in [2.24, 2.45) is 5.92 Å². The summed E-state index contributed by atoms with van der Waals surface area (Å²) in [5.41, 5.74) is 3.62. The number of amides is 1. The van der Waals surface area contributed by atoms with Gasteiger partial charge >= 0.3 is 0 Å². The highest BCUT2D eigenvalue weighted by atomic mass is 16.5. The number of hydrogen-bond donors (Lipinski definition) is 0. The molecule has 1 heterocycles. The average molecular weight is 343 g/mol. The van der Waals surface area contributed by atoms with Crippen LogP contribution in [0.25, 0.3) is 6.08 Å². The summed E-state index contributed by atoms with van der Waals surface area (Å²) in [6, 6.07) is 2.06. The summed E-state index contributed by atoms with van der Waals surface area (Å²) < 4.78 is 16.9. The van der Waals surface area contributed by atoms with Crippen molar-refractivity contribution in [3.63, 3.8) is 0 Å². The molecule has 1 aromatic carbocycles. The Bertz CT molecular complexity index is 740. The van der Waals surface area contributed by atoms with Gasteiger partial charge in [0.25, 0.3) is 0 Å². The van der Waals surface area contributed by atoms with Gasteiger partial charge in [-0.05, 0) is 37.3 Å². The molecule has 0 unspecified atom stereocenters. The Labute approximate surface area is 148 Å². The Balaban J connectivity index is 1.95. The number of benzene rings is 1. The molecular weight excluding hydrogens is 318 g/mol. The normalized spacial score (nSPS) is 24.7. The lowest BCUT2D eigenvalue weighted by Gasteiger charge is -2.38. The van der Waals surface area contributed by atoms with Gasteiger partial charge in [0.15, 0.2) is 11.5 Å². The number of hydrogen-bond acceptors (Lipinski definition) is 4. The molecule has 5 nitrogen and oxygen atoms in total. The van der Waals surface area contributed by atoms with E-state index in [1.54, 1.807) is 21.3 Å². The SMILES string of the molecule is COc1cc2c(c(OC)c1OC)[C@@H](N1CCCC1=O)[C@@H]1CCCC1=C2. The van der Waals surface area contributed by atoms with Gasteiger partial charge in [-0.15, -0.1) is 0 Å². The lowest BCUT2D eigenvalue weighted by molar-refractivity contribution is -0.130. The quantitative estimate of drug-likeness (QED) is 0.838. The van der Waals surface area contributed by atoms with Gasteiger partial charge in [0.1, 0.15) is 0 Å². The average Bonchev–Trinajstić information content (AvgIpc) is 3.26. The summed E-state index contributed by atoms with van der Waals surface area (Å²) in [5, 5.41) is 0. The van der Waals surface area contributed by atoms with Crippen LogP contribution in [0.15, 0.2) is 11.6 Å². The van der Waals surface area contributed by atoms with Crippen molar-refractivity contribution in [3.05, 3.63) is 22.8 Å². The topological polar surface area (TPSA) is 48.0 Å². The molecule has 5 heteroatoms. The minimum Gasteiger partial charge on any atom is -0.493 e. The summed E-state index contributed by atoms with van der Waals surface area (Å²) in [6.45, 7) is 0.824. The maximum Gasteiger partial charge on any atom is 0.223 e. The van der Waals surface area contributed by atoms with E-state index in [0.717, 1.165) is 36.9 Å². The largest absolute Gasteiger partial charge is 0.493 e. The first-order valence-electron chi connectivity index (χ1n) is 9.02. The predicted molar refractivity (Wildman–Crippen MR) is 95.1 cm³/mol. The second-order valence-electron chi connectivity index (χ2n) is 7.00. The van der Waals surface area contributed by atoms with E-state index >= 15 is 0 Å². The number of fused-ring (bicyclic) bond motifs is 2. The van der Waals surface area contributed by atoms with Gasteiger partial charge in [-0.1, -0.05) is 11.6 Å². The third-order valence-corrected chi connectivity index (χ3v) is 5.82. The lowest BCUT2D eigenvalue weighted by atomic mass is 9.79. The fourth-order valence-electron chi connectivity index (χ4n) is 4.80. The van der Waals surface area contributed by atoms with E-state index in [-0.39, 0.29) is 11.9 Å². The minimum absolute atomic E-state index is 0.0438. The number of carbonyl (C=O) groups excluding carboxylic acids is 1. The van der Waals surface area contributed by atoms with Crippen molar-refractivity contribution in [3.8, 4) is 17.2 Å². The molecule has 0 spiro atoms. The Morgan fingerprint density at radius 2 is 1.84 bits per heavy atom. The van der Waals surface area contributed by atoms with Crippen LogP contribution in [0.5, 0.6) is 17.2 Å². The summed E-state index contributed by atoms with van der Waals surface area (Å²) in [7, 11) is 4.93. The van der Waals surface area contributed by atoms with Crippen molar-refractivity contribution >= 4 is 12.0 Å². The van der Waals surface area contributed by atoms with Crippen molar-refractivity contribution in [2.45, 2.75) is 38.1 Å². The molecular formula is C20H25NO4. The summed E-state index contributed by atoms with van der Waals surface area (Å²) in [6.07, 6.45) is 7.27. The van der Waals surface area contributed by atoms with Gasteiger partial charge in [0.05, 0.1) is 27.4 Å². The van der Waals surface area contributed by atoms with Crippen LogP contribution in [-0.4, -0.2) is 38.7 Å².